The molecule has 0 fully saturated rings. The zero-order valence-corrected chi connectivity index (χ0v) is 12.3. The van der Waals surface area contributed by atoms with Gasteiger partial charge >= 0.3 is 0 Å². The second-order valence-electron chi connectivity index (χ2n) is 4.63. The SMILES string of the molecule is CNc1cc(S(=O)(=O)N(C)C(C)C(C)C)ccn1. The van der Waals surface area contributed by atoms with Crippen LogP contribution in [0, 0.1) is 5.92 Å². The summed E-state index contributed by atoms with van der Waals surface area (Å²) in [5, 5.41) is 2.84. The zero-order chi connectivity index (χ0) is 13.9. The van der Waals surface area contributed by atoms with Crippen molar-refractivity contribution < 1.29 is 8.42 Å². The van der Waals surface area contributed by atoms with Gasteiger partial charge in [0.25, 0.3) is 0 Å². The van der Waals surface area contributed by atoms with E-state index in [1.807, 2.05) is 20.8 Å². The van der Waals surface area contributed by atoms with Gasteiger partial charge in [-0.05, 0) is 18.9 Å². The summed E-state index contributed by atoms with van der Waals surface area (Å²) in [6.45, 7) is 5.91. The number of aromatic nitrogens is 1. The van der Waals surface area contributed by atoms with E-state index in [1.165, 1.54) is 16.6 Å². The first-order chi connectivity index (χ1) is 8.30. The van der Waals surface area contributed by atoms with E-state index in [-0.39, 0.29) is 16.9 Å². The van der Waals surface area contributed by atoms with E-state index in [2.05, 4.69) is 10.3 Å². The molecular formula is C12H21N3O2S. The molecule has 1 atom stereocenters. The Bertz CT molecular complexity index is 500. The van der Waals surface area contributed by atoms with Crippen LogP contribution < -0.4 is 5.32 Å². The standard InChI is InChI=1S/C12H21N3O2S/c1-9(2)10(3)15(5)18(16,17)11-6-7-14-12(8-11)13-4/h6-10H,1-5H3,(H,13,14). The third-order valence-electron chi connectivity index (χ3n) is 3.20. The lowest BCUT2D eigenvalue weighted by Gasteiger charge is -2.27. The van der Waals surface area contributed by atoms with E-state index in [9.17, 15) is 8.42 Å². The summed E-state index contributed by atoms with van der Waals surface area (Å²) in [6, 6.07) is 3.00. The Hall–Kier alpha value is -1.14. The molecule has 0 aliphatic carbocycles. The Kier molecular flexibility index (Phi) is 4.70. The van der Waals surface area contributed by atoms with Crippen LogP contribution in [0.25, 0.3) is 0 Å². The van der Waals surface area contributed by atoms with Gasteiger partial charge in [-0.2, -0.15) is 4.31 Å². The molecule has 0 bridgehead atoms. The monoisotopic (exact) mass is 271 g/mol. The minimum Gasteiger partial charge on any atom is -0.373 e. The highest BCUT2D eigenvalue weighted by Gasteiger charge is 2.27. The molecule has 1 unspecified atom stereocenters. The molecule has 0 amide bonds. The maximum absolute atomic E-state index is 12.4. The molecule has 0 aliphatic heterocycles. The van der Waals surface area contributed by atoms with Crippen LogP contribution in [0.3, 0.4) is 0 Å². The summed E-state index contributed by atoms with van der Waals surface area (Å²) in [6.07, 6.45) is 1.49. The molecule has 0 saturated carbocycles. The van der Waals surface area contributed by atoms with Crippen LogP contribution in [-0.2, 0) is 10.0 Å². The van der Waals surface area contributed by atoms with Crippen LogP contribution in [0.2, 0.25) is 0 Å². The predicted octanol–water partition coefficient (Wildman–Crippen LogP) is 1.79. The maximum Gasteiger partial charge on any atom is 0.243 e. The summed E-state index contributed by atoms with van der Waals surface area (Å²) < 4.78 is 26.2. The minimum atomic E-state index is -3.46. The fraction of sp³-hybridized carbons (Fsp3) is 0.583. The van der Waals surface area contributed by atoms with Gasteiger partial charge in [0.2, 0.25) is 10.0 Å². The highest BCUT2D eigenvalue weighted by molar-refractivity contribution is 7.89. The predicted molar refractivity (Wildman–Crippen MR) is 73.0 cm³/mol. The first kappa shape index (κ1) is 14.9. The quantitative estimate of drug-likeness (QED) is 0.887. The Morgan fingerprint density at radius 1 is 1.33 bits per heavy atom. The highest BCUT2D eigenvalue weighted by atomic mass is 32.2. The van der Waals surface area contributed by atoms with E-state index in [0.717, 1.165) is 0 Å². The average molecular weight is 271 g/mol. The Balaban J connectivity index is 3.13. The minimum absolute atomic E-state index is 0.0544. The smallest absolute Gasteiger partial charge is 0.243 e. The third-order valence-corrected chi connectivity index (χ3v) is 5.14. The van der Waals surface area contributed by atoms with E-state index < -0.39 is 10.0 Å². The molecule has 102 valence electrons. The Labute approximate surface area is 109 Å². The normalized spacial score (nSPS) is 13.9. The number of pyridine rings is 1. The van der Waals surface area contributed by atoms with Crippen molar-refractivity contribution in [3.05, 3.63) is 18.3 Å². The van der Waals surface area contributed by atoms with Gasteiger partial charge in [-0.3, -0.25) is 0 Å². The van der Waals surface area contributed by atoms with Crippen LogP contribution >= 0.6 is 0 Å². The molecule has 1 rings (SSSR count). The van der Waals surface area contributed by atoms with Crippen molar-refractivity contribution in [1.82, 2.24) is 9.29 Å². The molecule has 0 radical (unpaired) electrons. The van der Waals surface area contributed by atoms with Gasteiger partial charge in [-0.15, -0.1) is 0 Å². The highest BCUT2D eigenvalue weighted by Crippen LogP contribution is 2.21. The first-order valence-electron chi connectivity index (χ1n) is 5.92. The van der Waals surface area contributed by atoms with Gasteiger partial charge < -0.3 is 5.32 Å². The van der Waals surface area contributed by atoms with Gasteiger partial charge in [0, 0.05) is 32.4 Å². The van der Waals surface area contributed by atoms with E-state index in [1.54, 1.807) is 20.2 Å². The second-order valence-corrected chi connectivity index (χ2v) is 6.63. The van der Waals surface area contributed by atoms with Crippen LogP contribution in [-0.4, -0.2) is 37.8 Å². The first-order valence-corrected chi connectivity index (χ1v) is 7.36. The molecule has 0 spiro atoms. The number of anilines is 1. The maximum atomic E-state index is 12.4. The van der Waals surface area contributed by atoms with E-state index in [0.29, 0.717) is 5.82 Å². The molecular weight excluding hydrogens is 250 g/mol. The molecule has 18 heavy (non-hydrogen) atoms. The van der Waals surface area contributed by atoms with Crippen LogP contribution in [0.15, 0.2) is 23.2 Å². The van der Waals surface area contributed by atoms with Gasteiger partial charge in [0.15, 0.2) is 0 Å². The van der Waals surface area contributed by atoms with Crippen molar-refractivity contribution in [2.24, 2.45) is 5.92 Å². The van der Waals surface area contributed by atoms with Gasteiger partial charge in [-0.25, -0.2) is 13.4 Å². The number of sulfonamides is 1. The topological polar surface area (TPSA) is 62.3 Å². The third kappa shape index (κ3) is 3.00. The molecule has 0 aromatic carbocycles. The molecule has 1 heterocycles. The second kappa shape index (κ2) is 5.67. The summed E-state index contributed by atoms with van der Waals surface area (Å²) in [5.74, 6) is 0.803. The molecule has 6 heteroatoms. The Morgan fingerprint density at radius 3 is 2.44 bits per heavy atom. The Morgan fingerprint density at radius 2 is 1.94 bits per heavy atom. The molecule has 5 nitrogen and oxygen atoms in total. The molecule has 1 N–H and O–H groups in total. The molecule has 1 aromatic heterocycles. The van der Waals surface area contributed by atoms with Gasteiger partial charge in [0.1, 0.15) is 5.82 Å². The summed E-state index contributed by atoms with van der Waals surface area (Å²) in [7, 11) is -0.144. The average Bonchev–Trinajstić information content (AvgIpc) is 2.36. The summed E-state index contributed by atoms with van der Waals surface area (Å²) in [4.78, 5) is 4.28. The summed E-state index contributed by atoms with van der Waals surface area (Å²) in [5.41, 5.74) is 0. The number of rotatable bonds is 5. The lowest BCUT2D eigenvalue weighted by molar-refractivity contribution is 0.316. The van der Waals surface area contributed by atoms with Crippen LogP contribution in [0.4, 0.5) is 5.82 Å². The molecule has 0 aliphatic rings. The van der Waals surface area contributed by atoms with Crippen molar-refractivity contribution in [1.29, 1.82) is 0 Å². The van der Waals surface area contributed by atoms with Crippen molar-refractivity contribution >= 4 is 15.8 Å². The fourth-order valence-corrected chi connectivity index (χ4v) is 3.02. The number of nitrogens with zero attached hydrogens (tertiary/aromatic N) is 2. The summed E-state index contributed by atoms with van der Waals surface area (Å²) >= 11 is 0. The van der Waals surface area contributed by atoms with Crippen LogP contribution in [0.1, 0.15) is 20.8 Å². The molecule has 1 aromatic rings. The van der Waals surface area contributed by atoms with E-state index in [4.69, 9.17) is 0 Å². The zero-order valence-electron chi connectivity index (χ0n) is 11.5. The van der Waals surface area contributed by atoms with Crippen molar-refractivity contribution in [2.45, 2.75) is 31.7 Å². The van der Waals surface area contributed by atoms with Crippen molar-refractivity contribution in [2.75, 3.05) is 19.4 Å². The molecule has 0 saturated heterocycles. The van der Waals surface area contributed by atoms with Gasteiger partial charge in [-0.1, -0.05) is 13.8 Å². The lowest BCUT2D eigenvalue weighted by atomic mass is 10.1. The van der Waals surface area contributed by atoms with Crippen molar-refractivity contribution in [3.8, 4) is 0 Å². The van der Waals surface area contributed by atoms with Crippen LogP contribution in [0.5, 0.6) is 0 Å². The largest absolute Gasteiger partial charge is 0.373 e. The van der Waals surface area contributed by atoms with E-state index >= 15 is 0 Å². The van der Waals surface area contributed by atoms with Gasteiger partial charge in [0.05, 0.1) is 4.90 Å². The number of hydrogen-bond acceptors (Lipinski definition) is 4. The number of nitrogens with one attached hydrogen (secondary N) is 1. The lowest BCUT2D eigenvalue weighted by Crippen LogP contribution is -2.38. The number of hydrogen-bond donors (Lipinski definition) is 1. The van der Waals surface area contributed by atoms with Crippen molar-refractivity contribution in [3.63, 3.8) is 0 Å². The fourth-order valence-electron chi connectivity index (χ4n) is 1.51.